The van der Waals surface area contributed by atoms with Gasteiger partial charge in [0, 0.05) is 6.42 Å². The number of carbonyl (C=O) groups excluding carboxylic acids is 1. The molecule has 0 spiro atoms. The molecule has 0 aliphatic carbocycles. The second kappa shape index (κ2) is 32.4. The summed E-state index contributed by atoms with van der Waals surface area (Å²) in [5, 5.41) is 0. The van der Waals surface area contributed by atoms with Crippen LogP contribution in [0.25, 0.3) is 0 Å². The van der Waals surface area contributed by atoms with E-state index in [-0.39, 0.29) is 5.97 Å². The van der Waals surface area contributed by atoms with Crippen LogP contribution in [0.4, 0.5) is 0 Å². The van der Waals surface area contributed by atoms with Gasteiger partial charge in [0.05, 0.1) is 6.61 Å². The Morgan fingerprint density at radius 2 is 0.921 bits per heavy atom. The van der Waals surface area contributed by atoms with E-state index in [1.807, 2.05) is 0 Å². The highest BCUT2D eigenvalue weighted by Gasteiger charge is 2.10. The summed E-state index contributed by atoms with van der Waals surface area (Å²) in [6.45, 7) is 7.44. The fourth-order valence-electron chi connectivity index (χ4n) is 5.30. The van der Waals surface area contributed by atoms with Crippen LogP contribution in [0.5, 0.6) is 0 Å². The lowest BCUT2D eigenvalue weighted by atomic mass is 9.98. The number of unbranched alkanes of at least 4 members (excludes halogenated alkanes) is 22. The molecule has 0 rings (SSSR count). The van der Waals surface area contributed by atoms with Gasteiger partial charge in [-0.15, -0.1) is 0 Å². The molecule has 1 atom stereocenters. The molecule has 0 amide bonds. The lowest BCUT2D eigenvalue weighted by molar-refractivity contribution is -0.145. The van der Waals surface area contributed by atoms with Gasteiger partial charge in [-0.1, -0.05) is 168 Å². The molecule has 0 bridgehead atoms. The van der Waals surface area contributed by atoms with E-state index in [1.165, 1.54) is 154 Å². The summed E-state index contributed by atoms with van der Waals surface area (Å²) in [4.78, 5) is 12.1. The molecule has 0 saturated carbocycles. The van der Waals surface area contributed by atoms with Gasteiger partial charge in [0.15, 0.2) is 0 Å². The SMILES string of the molecule is CCCCCCCCC=CCCCCCCCC(=O)OCC(CC)CCCCCCCCCCCCCC. The van der Waals surface area contributed by atoms with E-state index in [4.69, 9.17) is 4.74 Å². The summed E-state index contributed by atoms with van der Waals surface area (Å²) in [6, 6.07) is 0. The molecule has 226 valence electrons. The van der Waals surface area contributed by atoms with E-state index in [2.05, 4.69) is 32.9 Å². The summed E-state index contributed by atoms with van der Waals surface area (Å²) >= 11 is 0. The van der Waals surface area contributed by atoms with Gasteiger partial charge in [-0.05, 0) is 44.4 Å². The molecule has 0 aromatic carbocycles. The molecule has 38 heavy (non-hydrogen) atoms. The number of hydrogen-bond acceptors (Lipinski definition) is 2. The topological polar surface area (TPSA) is 26.3 Å². The van der Waals surface area contributed by atoms with Crippen molar-refractivity contribution in [3.63, 3.8) is 0 Å². The standard InChI is InChI=1S/C36H70O2/c1-4-7-9-11-13-15-17-19-20-21-23-25-27-29-31-33-36(37)38-34-35(6-3)32-30-28-26-24-22-18-16-14-12-10-8-5-2/h19-20,35H,4-18,21-34H2,1-3H3. The Balaban J connectivity index is 3.44. The van der Waals surface area contributed by atoms with Gasteiger partial charge in [0.25, 0.3) is 0 Å². The molecule has 0 radical (unpaired) electrons. The Morgan fingerprint density at radius 1 is 0.526 bits per heavy atom. The van der Waals surface area contributed by atoms with Crippen LogP contribution >= 0.6 is 0 Å². The Hall–Kier alpha value is -0.790. The monoisotopic (exact) mass is 535 g/mol. The average Bonchev–Trinajstić information content (AvgIpc) is 2.93. The predicted molar refractivity (Wildman–Crippen MR) is 170 cm³/mol. The molecular weight excluding hydrogens is 464 g/mol. The van der Waals surface area contributed by atoms with Crippen LogP contribution in [0.1, 0.15) is 201 Å². The molecule has 0 heterocycles. The van der Waals surface area contributed by atoms with Crippen molar-refractivity contribution >= 4 is 5.97 Å². The van der Waals surface area contributed by atoms with Gasteiger partial charge in [-0.2, -0.15) is 0 Å². The van der Waals surface area contributed by atoms with Crippen molar-refractivity contribution in [2.75, 3.05) is 6.61 Å². The zero-order chi connectivity index (χ0) is 27.8. The van der Waals surface area contributed by atoms with Gasteiger partial charge >= 0.3 is 5.97 Å². The van der Waals surface area contributed by atoms with E-state index < -0.39 is 0 Å². The fraction of sp³-hybridized carbons (Fsp3) is 0.917. The largest absolute Gasteiger partial charge is 0.465 e. The zero-order valence-electron chi connectivity index (χ0n) is 26.6. The predicted octanol–water partition coefficient (Wildman–Crippen LogP) is 12.7. The Kier molecular flexibility index (Phi) is 31.7. The molecule has 0 aromatic heterocycles. The average molecular weight is 535 g/mol. The Labute approximate surface area is 240 Å². The van der Waals surface area contributed by atoms with Crippen molar-refractivity contribution in [2.45, 2.75) is 201 Å². The van der Waals surface area contributed by atoms with Crippen molar-refractivity contribution in [1.82, 2.24) is 0 Å². The molecule has 0 saturated heterocycles. The van der Waals surface area contributed by atoms with Crippen molar-refractivity contribution < 1.29 is 9.53 Å². The minimum absolute atomic E-state index is 0.0239. The van der Waals surface area contributed by atoms with Gasteiger partial charge < -0.3 is 4.74 Å². The maximum absolute atomic E-state index is 12.1. The molecule has 0 aliphatic heterocycles. The van der Waals surface area contributed by atoms with Crippen LogP contribution in [0.2, 0.25) is 0 Å². The maximum atomic E-state index is 12.1. The molecule has 0 aliphatic rings. The van der Waals surface area contributed by atoms with Gasteiger partial charge in [0.1, 0.15) is 0 Å². The van der Waals surface area contributed by atoms with Crippen LogP contribution in [-0.2, 0) is 9.53 Å². The normalized spacial score (nSPS) is 12.4. The molecule has 2 nitrogen and oxygen atoms in total. The first-order chi connectivity index (χ1) is 18.7. The third-order valence-electron chi connectivity index (χ3n) is 8.17. The molecule has 0 fully saturated rings. The number of esters is 1. The van der Waals surface area contributed by atoms with Crippen LogP contribution in [0.3, 0.4) is 0 Å². The van der Waals surface area contributed by atoms with Crippen molar-refractivity contribution in [2.24, 2.45) is 5.92 Å². The van der Waals surface area contributed by atoms with Crippen molar-refractivity contribution in [1.29, 1.82) is 0 Å². The summed E-state index contributed by atoms with van der Waals surface area (Å²) in [5.74, 6) is 0.576. The molecule has 1 unspecified atom stereocenters. The third kappa shape index (κ3) is 29.8. The van der Waals surface area contributed by atoms with E-state index >= 15 is 0 Å². The van der Waals surface area contributed by atoms with Crippen LogP contribution < -0.4 is 0 Å². The van der Waals surface area contributed by atoms with Crippen LogP contribution in [0.15, 0.2) is 12.2 Å². The second-order valence-corrected chi connectivity index (χ2v) is 12.0. The Morgan fingerprint density at radius 3 is 1.37 bits per heavy atom. The van der Waals surface area contributed by atoms with Crippen LogP contribution in [-0.4, -0.2) is 12.6 Å². The molecule has 2 heteroatoms. The molecule has 0 aromatic rings. The lowest BCUT2D eigenvalue weighted by Crippen LogP contribution is -2.13. The zero-order valence-corrected chi connectivity index (χ0v) is 26.6. The minimum atomic E-state index is 0.0239. The van der Waals surface area contributed by atoms with Crippen molar-refractivity contribution in [3.8, 4) is 0 Å². The summed E-state index contributed by atoms with van der Waals surface area (Å²) in [7, 11) is 0. The van der Waals surface area contributed by atoms with Gasteiger partial charge in [0.2, 0.25) is 0 Å². The highest BCUT2D eigenvalue weighted by atomic mass is 16.5. The number of carbonyl (C=O) groups is 1. The highest BCUT2D eigenvalue weighted by Crippen LogP contribution is 2.17. The smallest absolute Gasteiger partial charge is 0.305 e. The molecular formula is C36H70O2. The van der Waals surface area contributed by atoms with Crippen molar-refractivity contribution in [3.05, 3.63) is 12.2 Å². The van der Waals surface area contributed by atoms with E-state index in [1.54, 1.807) is 0 Å². The fourth-order valence-corrected chi connectivity index (χ4v) is 5.30. The summed E-state index contributed by atoms with van der Waals surface area (Å²) in [5.41, 5.74) is 0. The highest BCUT2D eigenvalue weighted by molar-refractivity contribution is 5.69. The third-order valence-corrected chi connectivity index (χ3v) is 8.17. The summed E-state index contributed by atoms with van der Waals surface area (Å²) in [6.07, 6.45) is 41.2. The van der Waals surface area contributed by atoms with Gasteiger partial charge in [-0.3, -0.25) is 4.79 Å². The number of allylic oxidation sites excluding steroid dienone is 2. The van der Waals surface area contributed by atoms with Gasteiger partial charge in [-0.25, -0.2) is 0 Å². The number of rotatable bonds is 31. The number of hydrogen-bond donors (Lipinski definition) is 0. The molecule has 0 N–H and O–H groups in total. The van der Waals surface area contributed by atoms with E-state index in [9.17, 15) is 4.79 Å². The van der Waals surface area contributed by atoms with E-state index in [0.29, 0.717) is 18.9 Å². The first-order valence-corrected chi connectivity index (χ1v) is 17.5. The second-order valence-electron chi connectivity index (χ2n) is 12.0. The van der Waals surface area contributed by atoms with E-state index in [0.717, 1.165) is 19.3 Å². The lowest BCUT2D eigenvalue weighted by Gasteiger charge is -2.15. The maximum Gasteiger partial charge on any atom is 0.305 e. The van der Waals surface area contributed by atoms with Crippen LogP contribution in [0, 0.1) is 5.92 Å². The minimum Gasteiger partial charge on any atom is -0.465 e. The first kappa shape index (κ1) is 37.2. The first-order valence-electron chi connectivity index (χ1n) is 17.5. The summed E-state index contributed by atoms with van der Waals surface area (Å²) < 4.78 is 5.62. The number of ether oxygens (including phenoxy) is 1. The Bertz CT molecular complexity index is 484. The quantitative estimate of drug-likeness (QED) is 0.0502.